The molecule has 1 heterocycles. The summed E-state index contributed by atoms with van der Waals surface area (Å²) in [5.41, 5.74) is 3.52. The van der Waals surface area contributed by atoms with Crippen molar-refractivity contribution in [3.63, 3.8) is 0 Å². The number of hydrogen-bond donors (Lipinski definition) is 0. The van der Waals surface area contributed by atoms with Gasteiger partial charge in [-0.05, 0) is 17.7 Å². The topological polar surface area (TPSA) is 21.6 Å². The van der Waals surface area contributed by atoms with E-state index in [1.54, 1.807) is 0 Å². The number of benzene rings is 1. The smallest absolute Gasteiger partial charge is 0.165 e. The van der Waals surface area contributed by atoms with Crippen molar-refractivity contribution < 1.29 is 4.84 Å². The Bertz CT molecular complexity index is 404. The van der Waals surface area contributed by atoms with E-state index in [1.807, 2.05) is 24.3 Å². The van der Waals surface area contributed by atoms with E-state index in [9.17, 15) is 0 Å². The first-order chi connectivity index (χ1) is 5.93. The summed E-state index contributed by atoms with van der Waals surface area (Å²) in [6, 6.07) is 7.93. The van der Waals surface area contributed by atoms with Crippen LogP contribution in [0.15, 0.2) is 35.0 Å². The molecule has 58 valence electrons. The Kier molecular flexibility index (Phi) is 0.987. The quantitative estimate of drug-likeness (QED) is 0.565. The molecule has 1 saturated carbocycles. The summed E-state index contributed by atoms with van der Waals surface area (Å²) in [7, 11) is 0. The summed E-state index contributed by atoms with van der Waals surface area (Å²) in [5, 5.41) is 3.99. The highest BCUT2D eigenvalue weighted by molar-refractivity contribution is 6.21. The summed E-state index contributed by atoms with van der Waals surface area (Å²) in [6.07, 6.45) is 3.13. The van der Waals surface area contributed by atoms with E-state index in [-0.39, 0.29) is 0 Å². The maximum atomic E-state index is 5.24. The number of oxime groups is 1. The van der Waals surface area contributed by atoms with Gasteiger partial charge >= 0.3 is 0 Å². The Morgan fingerprint density at radius 3 is 3.17 bits per heavy atom. The molecule has 3 rings (SSSR count). The minimum absolute atomic E-state index is 0.852. The van der Waals surface area contributed by atoms with Gasteiger partial charge in [0.2, 0.25) is 0 Å². The molecule has 1 aromatic carbocycles. The summed E-state index contributed by atoms with van der Waals surface area (Å²) in [4.78, 5) is 5.24. The van der Waals surface area contributed by atoms with Crippen molar-refractivity contribution in [1.82, 2.24) is 0 Å². The first-order valence-electron chi connectivity index (χ1n) is 3.97. The number of para-hydroxylation sites is 1. The third-order valence-corrected chi connectivity index (χ3v) is 2.11. The van der Waals surface area contributed by atoms with Gasteiger partial charge in [-0.3, -0.25) is 0 Å². The number of nitrogens with zero attached hydrogens (tertiary/aromatic N) is 1. The van der Waals surface area contributed by atoms with E-state index >= 15 is 0 Å². The standard InChI is InChI=1S/C10H7NO/c1-2-4-10-7(3-1)5-8-6-9(8)11-12-10/h1-5H,6H2. The number of rotatable bonds is 0. The molecule has 2 aliphatic rings. The summed E-state index contributed by atoms with van der Waals surface area (Å²) < 4.78 is 0. The van der Waals surface area contributed by atoms with Gasteiger partial charge < -0.3 is 4.84 Å². The highest BCUT2D eigenvalue weighted by Gasteiger charge is 2.26. The highest BCUT2D eigenvalue weighted by Crippen LogP contribution is 2.34. The van der Waals surface area contributed by atoms with Crippen molar-refractivity contribution in [2.45, 2.75) is 6.42 Å². The van der Waals surface area contributed by atoms with Crippen molar-refractivity contribution >= 4 is 11.8 Å². The van der Waals surface area contributed by atoms with Crippen molar-refractivity contribution in [1.29, 1.82) is 0 Å². The minimum atomic E-state index is 0.852. The average molecular weight is 157 g/mol. The van der Waals surface area contributed by atoms with E-state index in [2.05, 4.69) is 11.2 Å². The van der Waals surface area contributed by atoms with Crippen molar-refractivity contribution in [2.24, 2.45) is 5.16 Å². The Morgan fingerprint density at radius 1 is 1.25 bits per heavy atom. The van der Waals surface area contributed by atoms with Crippen LogP contribution in [0.1, 0.15) is 12.0 Å². The van der Waals surface area contributed by atoms with Crippen molar-refractivity contribution in [2.75, 3.05) is 0 Å². The second-order valence-corrected chi connectivity index (χ2v) is 3.01. The molecule has 0 spiro atoms. The number of hydrogen-bond acceptors (Lipinski definition) is 2. The van der Waals surface area contributed by atoms with Crippen LogP contribution in [0.5, 0.6) is 5.75 Å². The Morgan fingerprint density at radius 2 is 2.17 bits per heavy atom. The molecule has 1 aliphatic heterocycles. The third-order valence-electron chi connectivity index (χ3n) is 2.11. The van der Waals surface area contributed by atoms with Gasteiger partial charge in [0.15, 0.2) is 5.75 Å². The molecule has 1 aromatic rings. The molecule has 1 fully saturated rings. The molecule has 2 nitrogen and oxygen atoms in total. The first kappa shape index (κ1) is 6.00. The number of allylic oxidation sites excluding steroid dienone is 1. The SMILES string of the molecule is C1=C2CC2=NOc2ccccc21. The van der Waals surface area contributed by atoms with Gasteiger partial charge in [-0.2, -0.15) is 0 Å². The van der Waals surface area contributed by atoms with Crippen LogP contribution in [0.25, 0.3) is 6.08 Å². The molecule has 0 aromatic heterocycles. The third kappa shape index (κ3) is 0.780. The van der Waals surface area contributed by atoms with Gasteiger partial charge in [-0.25, -0.2) is 0 Å². The fraction of sp³-hybridized carbons (Fsp3) is 0.100. The molecule has 0 saturated heterocycles. The van der Waals surface area contributed by atoms with Crippen LogP contribution in [0.3, 0.4) is 0 Å². The molecule has 0 radical (unpaired) electrons. The zero-order valence-corrected chi connectivity index (χ0v) is 6.45. The second-order valence-electron chi connectivity index (χ2n) is 3.01. The summed E-state index contributed by atoms with van der Waals surface area (Å²) >= 11 is 0. The van der Waals surface area contributed by atoms with Crippen LogP contribution in [0.4, 0.5) is 0 Å². The predicted molar refractivity (Wildman–Crippen MR) is 47.1 cm³/mol. The van der Waals surface area contributed by atoms with Crippen LogP contribution >= 0.6 is 0 Å². The fourth-order valence-corrected chi connectivity index (χ4v) is 1.34. The molecule has 12 heavy (non-hydrogen) atoms. The van der Waals surface area contributed by atoms with Crippen LogP contribution in [0.2, 0.25) is 0 Å². The van der Waals surface area contributed by atoms with Crippen molar-refractivity contribution in [3.8, 4) is 5.75 Å². The lowest BCUT2D eigenvalue weighted by Crippen LogP contribution is -1.84. The Balaban J connectivity index is 2.21. The largest absolute Gasteiger partial charge is 0.356 e. The average Bonchev–Trinajstić information content (AvgIpc) is 2.80. The molecule has 0 amide bonds. The zero-order chi connectivity index (χ0) is 7.97. The normalized spacial score (nSPS) is 17.7. The molecular formula is C10H7NO. The molecule has 0 bridgehead atoms. The lowest BCUT2D eigenvalue weighted by Gasteiger charge is -1.99. The summed E-state index contributed by atoms with van der Waals surface area (Å²) in [6.45, 7) is 0. The Hall–Kier alpha value is -1.57. The molecular weight excluding hydrogens is 150 g/mol. The van der Waals surface area contributed by atoms with Crippen LogP contribution in [-0.4, -0.2) is 5.71 Å². The van der Waals surface area contributed by atoms with Gasteiger partial charge in [-0.1, -0.05) is 23.4 Å². The highest BCUT2D eigenvalue weighted by atomic mass is 16.6. The molecule has 0 atom stereocenters. The fourth-order valence-electron chi connectivity index (χ4n) is 1.34. The monoisotopic (exact) mass is 157 g/mol. The van der Waals surface area contributed by atoms with Crippen LogP contribution in [0, 0.1) is 0 Å². The van der Waals surface area contributed by atoms with Gasteiger partial charge in [0.05, 0.1) is 5.71 Å². The van der Waals surface area contributed by atoms with Crippen molar-refractivity contribution in [3.05, 3.63) is 35.4 Å². The van der Waals surface area contributed by atoms with E-state index in [1.165, 1.54) is 5.57 Å². The van der Waals surface area contributed by atoms with E-state index in [4.69, 9.17) is 4.84 Å². The molecule has 0 N–H and O–H groups in total. The maximum absolute atomic E-state index is 5.24. The maximum Gasteiger partial charge on any atom is 0.165 e. The summed E-state index contributed by atoms with van der Waals surface area (Å²) in [5.74, 6) is 0.852. The molecule has 2 heteroatoms. The van der Waals surface area contributed by atoms with E-state index in [0.717, 1.165) is 23.4 Å². The molecule has 0 unspecified atom stereocenters. The second kappa shape index (κ2) is 1.97. The molecule has 1 aliphatic carbocycles. The Labute approximate surface area is 70.2 Å². The van der Waals surface area contributed by atoms with E-state index in [0.29, 0.717) is 0 Å². The van der Waals surface area contributed by atoms with Gasteiger partial charge in [0, 0.05) is 12.0 Å². The van der Waals surface area contributed by atoms with Gasteiger partial charge in [0.25, 0.3) is 0 Å². The lowest BCUT2D eigenvalue weighted by molar-refractivity contribution is 0.342. The lowest BCUT2D eigenvalue weighted by atomic mass is 10.2. The predicted octanol–water partition coefficient (Wildman–Crippen LogP) is 2.22. The van der Waals surface area contributed by atoms with Gasteiger partial charge in [-0.15, -0.1) is 0 Å². The van der Waals surface area contributed by atoms with Crippen LogP contribution < -0.4 is 4.84 Å². The van der Waals surface area contributed by atoms with Gasteiger partial charge in [0.1, 0.15) is 0 Å². The first-order valence-corrected chi connectivity index (χ1v) is 3.97. The minimum Gasteiger partial charge on any atom is -0.356 e. The van der Waals surface area contributed by atoms with Crippen LogP contribution in [-0.2, 0) is 0 Å². The number of fused-ring (bicyclic) bond motifs is 2. The van der Waals surface area contributed by atoms with E-state index < -0.39 is 0 Å². The zero-order valence-electron chi connectivity index (χ0n) is 6.45.